The second-order valence-electron chi connectivity index (χ2n) is 6.79. The summed E-state index contributed by atoms with van der Waals surface area (Å²) < 4.78 is 72.5. The Morgan fingerprint density at radius 2 is 1.84 bits per heavy atom. The number of halogens is 3. The van der Waals surface area contributed by atoms with E-state index in [1.807, 2.05) is 0 Å². The predicted octanol–water partition coefficient (Wildman–Crippen LogP) is 4.40. The van der Waals surface area contributed by atoms with Gasteiger partial charge in [0.2, 0.25) is 0 Å². The Labute approximate surface area is 177 Å². The van der Waals surface area contributed by atoms with Gasteiger partial charge in [0.25, 0.3) is 10.0 Å². The van der Waals surface area contributed by atoms with Crippen molar-refractivity contribution in [3.63, 3.8) is 0 Å². The van der Waals surface area contributed by atoms with Gasteiger partial charge in [-0.25, -0.2) is 13.4 Å². The van der Waals surface area contributed by atoms with Crippen LogP contribution in [0.15, 0.2) is 65.6 Å². The van der Waals surface area contributed by atoms with Crippen LogP contribution in [-0.4, -0.2) is 33.6 Å². The zero-order chi connectivity index (χ0) is 22.2. The van der Waals surface area contributed by atoms with Gasteiger partial charge in [-0.05, 0) is 48.5 Å². The summed E-state index contributed by atoms with van der Waals surface area (Å²) in [5.41, 5.74) is 0.476. The van der Waals surface area contributed by atoms with Crippen LogP contribution in [0.5, 0.6) is 5.75 Å². The van der Waals surface area contributed by atoms with Crippen molar-refractivity contribution in [3.8, 4) is 17.0 Å². The summed E-state index contributed by atoms with van der Waals surface area (Å²) in [6.45, 7) is 0.0526. The first kappa shape index (κ1) is 21.0. The second-order valence-corrected chi connectivity index (χ2v) is 8.65. The number of nitrogens with zero attached hydrogens (tertiary/aromatic N) is 2. The van der Waals surface area contributed by atoms with Crippen molar-refractivity contribution in [2.75, 3.05) is 29.8 Å². The number of hydrogen-bond donors (Lipinski definition) is 1. The monoisotopic (exact) mass is 449 g/mol. The quantitative estimate of drug-likeness (QED) is 0.640. The lowest BCUT2D eigenvalue weighted by atomic mass is 10.1. The average Bonchev–Trinajstić information content (AvgIpc) is 2.77. The number of aromatic nitrogens is 1. The molecule has 0 radical (unpaired) electrons. The number of benzene rings is 2. The molecule has 0 spiro atoms. The van der Waals surface area contributed by atoms with Gasteiger partial charge in [-0.3, -0.25) is 4.31 Å². The maximum Gasteiger partial charge on any atom is 0.416 e. The maximum absolute atomic E-state index is 13.3. The Hall–Kier alpha value is -3.27. The molecule has 0 atom stereocenters. The first-order valence-corrected chi connectivity index (χ1v) is 10.8. The summed E-state index contributed by atoms with van der Waals surface area (Å²) in [6, 6.07) is 14.1. The molecule has 2 heterocycles. The lowest BCUT2D eigenvalue weighted by Crippen LogP contribution is -2.38. The number of ether oxygens (including phenoxy) is 1. The molecule has 0 unspecified atom stereocenters. The molecular formula is C21H18F3N3O3S. The van der Waals surface area contributed by atoms with Crippen LogP contribution in [0.1, 0.15) is 5.56 Å². The van der Waals surface area contributed by atoms with Crippen molar-refractivity contribution < 1.29 is 26.3 Å². The molecule has 1 aliphatic rings. The van der Waals surface area contributed by atoms with Crippen LogP contribution in [0.2, 0.25) is 0 Å². The van der Waals surface area contributed by atoms with Crippen LogP contribution < -0.4 is 14.4 Å². The highest BCUT2D eigenvalue weighted by Crippen LogP contribution is 2.39. The standard InChI is InChI=1S/C21H18F3N3O3S/c1-25-20-7-3-6-17(26-20)14-8-9-19-18(12-14)27(10-11-30-19)31(28,29)16-5-2-4-15(13-16)21(22,23)24/h2-9,12-13H,10-11H2,1H3,(H,25,26). The zero-order valence-electron chi connectivity index (χ0n) is 16.3. The van der Waals surface area contributed by atoms with Crippen LogP contribution >= 0.6 is 0 Å². The van der Waals surface area contributed by atoms with Crippen molar-refractivity contribution >= 4 is 21.5 Å². The van der Waals surface area contributed by atoms with E-state index in [0.717, 1.165) is 22.5 Å². The van der Waals surface area contributed by atoms with E-state index < -0.39 is 26.7 Å². The number of sulfonamides is 1. The normalized spacial score (nSPS) is 14.0. The van der Waals surface area contributed by atoms with Crippen molar-refractivity contribution in [2.45, 2.75) is 11.1 Å². The molecule has 162 valence electrons. The van der Waals surface area contributed by atoms with E-state index in [1.165, 1.54) is 0 Å². The van der Waals surface area contributed by atoms with E-state index in [-0.39, 0.29) is 18.8 Å². The fraction of sp³-hybridized carbons (Fsp3) is 0.190. The van der Waals surface area contributed by atoms with Crippen molar-refractivity contribution in [3.05, 3.63) is 66.2 Å². The summed E-state index contributed by atoms with van der Waals surface area (Å²) in [4.78, 5) is 4.02. The summed E-state index contributed by atoms with van der Waals surface area (Å²) in [5, 5.41) is 2.94. The van der Waals surface area contributed by atoms with E-state index >= 15 is 0 Å². The van der Waals surface area contributed by atoms with Gasteiger partial charge in [-0.2, -0.15) is 13.2 Å². The van der Waals surface area contributed by atoms with E-state index in [1.54, 1.807) is 43.4 Å². The number of alkyl halides is 3. The van der Waals surface area contributed by atoms with E-state index in [0.29, 0.717) is 28.9 Å². The number of anilines is 2. The Bertz CT molecular complexity index is 1230. The van der Waals surface area contributed by atoms with Crippen LogP contribution in [0.25, 0.3) is 11.3 Å². The Balaban J connectivity index is 1.78. The van der Waals surface area contributed by atoms with Crippen LogP contribution in [0.4, 0.5) is 24.7 Å². The number of fused-ring (bicyclic) bond motifs is 1. The molecule has 0 saturated carbocycles. The third-order valence-corrected chi connectivity index (χ3v) is 6.64. The van der Waals surface area contributed by atoms with Gasteiger partial charge in [-0.15, -0.1) is 0 Å². The highest BCUT2D eigenvalue weighted by Gasteiger charge is 2.34. The van der Waals surface area contributed by atoms with Gasteiger partial charge < -0.3 is 10.1 Å². The maximum atomic E-state index is 13.3. The molecule has 1 aliphatic heterocycles. The van der Waals surface area contributed by atoms with Crippen molar-refractivity contribution in [1.82, 2.24) is 4.98 Å². The first-order valence-electron chi connectivity index (χ1n) is 9.32. The van der Waals surface area contributed by atoms with Gasteiger partial charge in [-0.1, -0.05) is 12.1 Å². The number of rotatable bonds is 4. The van der Waals surface area contributed by atoms with E-state index in [2.05, 4.69) is 10.3 Å². The Kier molecular flexibility index (Phi) is 5.26. The number of pyridine rings is 1. The molecule has 1 aromatic heterocycles. The van der Waals surface area contributed by atoms with Crippen molar-refractivity contribution in [1.29, 1.82) is 0 Å². The summed E-state index contributed by atoms with van der Waals surface area (Å²) in [5.74, 6) is 0.968. The lowest BCUT2D eigenvalue weighted by molar-refractivity contribution is -0.137. The van der Waals surface area contributed by atoms with Gasteiger partial charge >= 0.3 is 6.18 Å². The second kappa shape index (κ2) is 7.77. The Morgan fingerprint density at radius 3 is 2.58 bits per heavy atom. The molecule has 0 saturated heterocycles. The first-order chi connectivity index (χ1) is 14.7. The third-order valence-electron chi connectivity index (χ3n) is 4.83. The fourth-order valence-corrected chi connectivity index (χ4v) is 4.79. The molecule has 10 heteroatoms. The minimum Gasteiger partial charge on any atom is -0.489 e. The zero-order valence-corrected chi connectivity index (χ0v) is 17.2. The highest BCUT2D eigenvalue weighted by atomic mass is 32.2. The Morgan fingerprint density at radius 1 is 1.06 bits per heavy atom. The fourth-order valence-electron chi connectivity index (χ4n) is 3.30. The molecule has 4 rings (SSSR count). The van der Waals surface area contributed by atoms with Crippen LogP contribution in [0, 0.1) is 0 Å². The smallest absolute Gasteiger partial charge is 0.416 e. The molecule has 0 amide bonds. The minimum absolute atomic E-state index is 0.0288. The van der Waals surface area contributed by atoms with Gasteiger partial charge in [0, 0.05) is 12.6 Å². The number of hydrogen-bond acceptors (Lipinski definition) is 5. The summed E-state index contributed by atoms with van der Waals surface area (Å²) >= 11 is 0. The average molecular weight is 449 g/mol. The molecule has 2 aromatic carbocycles. The molecule has 3 aromatic rings. The molecule has 1 N–H and O–H groups in total. The summed E-state index contributed by atoms with van der Waals surface area (Å²) in [7, 11) is -2.52. The molecular weight excluding hydrogens is 431 g/mol. The topological polar surface area (TPSA) is 71.5 Å². The largest absolute Gasteiger partial charge is 0.489 e. The van der Waals surface area contributed by atoms with Gasteiger partial charge in [0.1, 0.15) is 18.2 Å². The third kappa shape index (κ3) is 4.02. The highest BCUT2D eigenvalue weighted by molar-refractivity contribution is 7.92. The van der Waals surface area contributed by atoms with Crippen LogP contribution in [0.3, 0.4) is 0 Å². The molecule has 31 heavy (non-hydrogen) atoms. The molecule has 0 bridgehead atoms. The minimum atomic E-state index is -4.65. The summed E-state index contributed by atoms with van der Waals surface area (Å²) in [6.07, 6.45) is -4.65. The van der Waals surface area contributed by atoms with Gasteiger partial charge in [0.15, 0.2) is 0 Å². The van der Waals surface area contributed by atoms with E-state index in [9.17, 15) is 21.6 Å². The van der Waals surface area contributed by atoms with E-state index in [4.69, 9.17) is 4.74 Å². The van der Waals surface area contributed by atoms with Crippen molar-refractivity contribution in [2.24, 2.45) is 0 Å². The lowest BCUT2D eigenvalue weighted by Gasteiger charge is -2.31. The molecule has 0 fully saturated rings. The molecule has 6 nitrogen and oxygen atoms in total. The number of nitrogens with one attached hydrogen (secondary N) is 1. The molecule has 0 aliphatic carbocycles. The van der Waals surface area contributed by atoms with Crippen LogP contribution in [-0.2, 0) is 16.2 Å². The van der Waals surface area contributed by atoms with Gasteiger partial charge in [0.05, 0.1) is 28.4 Å². The predicted molar refractivity (Wildman–Crippen MR) is 111 cm³/mol. The SMILES string of the molecule is CNc1cccc(-c2ccc3c(c2)N(S(=O)(=O)c2cccc(C(F)(F)F)c2)CCO3)n1.